The first-order valence-electron chi connectivity index (χ1n) is 4.08. The van der Waals surface area contributed by atoms with Crippen LogP contribution in [0.5, 0.6) is 5.75 Å². The average Bonchev–Trinajstić information content (AvgIpc) is 1.96. The third-order valence-electron chi connectivity index (χ3n) is 1.03. The van der Waals surface area contributed by atoms with Crippen molar-refractivity contribution in [1.82, 2.24) is 0 Å². The first kappa shape index (κ1) is 5.18. The molecule has 0 atom stereocenters. The predicted molar refractivity (Wildman–Crippen MR) is 42.4 cm³/mol. The summed E-state index contributed by atoms with van der Waals surface area (Å²) in [6.45, 7) is 1.30. The van der Waals surface area contributed by atoms with Crippen molar-refractivity contribution >= 4 is 11.6 Å². The summed E-state index contributed by atoms with van der Waals surface area (Å²) in [6.07, 6.45) is 0. The fourth-order valence-corrected chi connectivity index (χ4v) is 0.624. The highest BCUT2D eigenvalue weighted by Crippen LogP contribution is 2.13. The van der Waals surface area contributed by atoms with Crippen LogP contribution in [0.15, 0.2) is 24.2 Å². The van der Waals surface area contributed by atoms with Gasteiger partial charge >= 0.3 is 0 Å². The minimum absolute atomic E-state index is 0.0693. The Bertz CT molecular complexity index is 329. The Morgan fingerprint density at radius 3 is 2.64 bits per heavy atom. The van der Waals surface area contributed by atoms with Crippen molar-refractivity contribution in [3.05, 3.63) is 24.2 Å². The maximum absolute atomic E-state index is 10.7. The number of hydrogen-bond acceptors (Lipinski definition) is 2. The molecule has 0 radical (unpaired) electrons. The summed E-state index contributed by atoms with van der Waals surface area (Å²) in [5.41, 5.74) is 0.116. The number of amides is 1. The molecule has 0 saturated carbocycles. The van der Waals surface area contributed by atoms with Gasteiger partial charge in [-0.2, -0.15) is 0 Å². The quantitative estimate of drug-likeness (QED) is 0.598. The van der Waals surface area contributed by atoms with Crippen LogP contribution in [-0.2, 0) is 4.79 Å². The van der Waals surface area contributed by atoms with Crippen LogP contribution in [0.1, 0.15) is 9.67 Å². The number of nitrogens with one attached hydrogen (secondary N) is 1. The Balaban J connectivity index is 3.13. The van der Waals surface area contributed by atoms with Crippen LogP contribution in [0, 0.1) is 0 Å². The van der Waals surface area contributed by atoms with Gasteiger partial charge in [-0.25, -0.2) is 0 Å². The molecule has 0 unspecified atom stereocenters. The Labute approximate surface area is 67.5 Å². The summed E-state index contributed by atoms with van der Waals surface area (Å²) in [7, 11) is 0. The third-order valence-corrected chi connectivity index (χ3v) is 1.03. The van der Waals surface area contributed by atoms with E-state index in [1.165, 1.54) is 19.1 Å². The maximum atomic E-state index is 10.7. The molecule has 0 fully saturated rings. The molecule has 0 aliphatic carbocycles. The van der Waals surface area contributed by atoms with Crippen molar-refractivity contribution in [2.75, 3.05) is 5.32 Å². The SMILES string of the molecule is [2H]c1cc(O)cc([2H])c1NC(C)=O. The van der Waals surface area contributed by atoms with Gasteiger partial charge in [0, 0.05) is 12.6 Å². The predicted octanol–water partition coefficient (Wildman–Crippen LogP) is 1.35. The Morgan fingerprint density at radius 2 is 2.18 bits per heavy atom. The van der Waals surface area contributed by atoms with Gasteiger partial charge in [-0.1, -0.05) is 0 Å². The van der Waals surface area contributed by atoms with Gasteiger partial charge < -0.3 is 10.4 Å². The maximum Gasteiger partial charge on any atom is 0.221 e. The van der Waals surface area contributed by atoms with Crippen molar-refractivity contribution in [3.63, 3.8) is 0 Å². The van der Waals surface area contributed by atoms with E-state index in [1.54, 1.807) is 0 Å². The molecule has 1 aromatic rings. The molecule has 1 aromatic carbocycles. The normalized spacial score (nSPS) is 11.7. The van der Waals surface area contributed by atoms with Gasteiger partial charge in [-0.05, 0) is 24.2 Å². The number of aromatic hydroxyl groups is 1. The lowest BCUT2D eigenvalue weighted by atomic mass is 10.3. The molecular formula is C8H9NO2. The molecule has 1 rings (SSSR count). The second-order valence-electron chi connectivity index (χ2n) is 2.06. The zero-order valence-corrected chi connectivity index (χ0v) is 6.01. The van der Waals surface area contributed by atoms with Crippen molar-refractivity contribution in [1.29, 1.82) is 0 Å². The molecule has 11 heavy (non-hydrogen) atoms. The van der Waals surface area contributed by atoms with Crippen molar-refractivity contribution in [2.45, 2.75) is 6.92 Å². The summed E-state index contributed by atoms with van der Waals surface area (Å²) < 4.78 is 14.7. The first-order chi connectivity index (χ1) is 6.00. The zero-order chi connectivity index (χ0) is 10.0. The molecule has 58 valence electrons. The lowest BCUT2D eigenvalue weighted by Crippen LogP contribution is -2.04. The van der Waals surface area contributed by atoms with E-state index >= 15 is 0 Å². The van der Waals surface area contributed by atoms with Gasteiger partial charge in [0.25, 0.3) is 0 Å². The van der Waals surface area contributed by atoms with E-state index in [4.69, 9.17) is 7.85 Å². The fraction of sp³-hybridized carbons (Fsp3) is 0.125. The number of phenols is 1. The molecule has 1 amide bonds. The number of rotatable bonds is 1. The Morgan fingerprint density at radius 1 is 1.64 bits per heavy atom. The number of hydrogen-bond donors (Lipinski definition) is 2. The van der Waals surface area contributed by atoms with Gasteiger partial charge in [-0.15, -0.1) is 0 Å². The second kappa shape index (κ2) is 3.05. The van der Waals surface area contributed by atoms with E-state index in [9.17, 15) is 4.79 Å². The van der Waals surface area contributed by atoms with Gasteiger partial charge in [0.05, 0.1) is 2.74 Å². The van der Waals surface area contributed by atoms with Crippen LogP contribution >= 0.6 is 0 Å². The molecule has 0 saturated heterocycles. The molecule has 0 spiro atoms. The smallest absolute Gasteiger partial charge is 0.221 e. The van der Waals surface area contributed by atoms with Crippen LogP contribution < -0.4 is 5.32 Å². The van der Waals surface area contributed by atoms with Crippen molar-refractivity contribution in [2.24, 2.45) is 0 Å². The first-order valence-corrected chi connectivity index (χ1v) is 3.08. The monoisotopic (exact) mass is 153 g/mol. The summed E-state index contributed by atoms with van der Waals surface area (Å²) >= 11 is 0. The Hall–Kier alpha value is -1.51. The Kier molecular flexibility index (Phi) is 1.44. The zero-order valence-electron chi connectivity index (χ0n) is 8.01. The topological polar surface area (TPSA) is 49.3 Å². The highest BCUT2D eigenvalue weighted by molar-refractivity contribution is 5.88. The van der Waals surface area contributed by atoms with Crippen LogP contribution in [-0.4, -0.2) is 11.0 Å². The highest BCUT2D eigenvalue weighted by atomic mass is 16.3. The third kappa shape index (κ3) is 2.29. The summed E-state index contributed by atoms with van der Waals surface area (Å²) in [4.78, 5) is 10.7. The lowest BCUT2D eigenvalue weighted by Gasteiger charge is -1.99. The van der Waals surface area contributed by atoms with Gasteiger partial charge in [0.1, 0.15) is 5.75 Å². The number of carbonyl (C=O) groups is 1. The molecule has 0 aliphatic heterocycles. The number of benzene rings is 1. The van der Waals surface area contributed by atoms with E-state index in [0.717, 1.165) is 0 Å². The van der Waals surface area contributed by atoms with E-state index in [-0.39, 0.29) is 29.4 Å². The van der Waals surface area contributed by atoms with Crippen LogP contribution in [0.2, 0.25) is 0 Å². The van der Waals surface area contributed by atoms with Gasteiger partial charge in [-0.3, -0.25) is 4.79 Å². The molecule has 3 heteroatoms. The second-order valence-corrected chi connectivity index (χ2v) is 2.06. The van der Waals surface area contributed by atoms with Gasteiger partial charge in [0.15, 0.2) is 0 Å². The summed E-state index contributed by atoms with van der Waals surface area (Å²) in [5.74, 6) is -0.489. The lowest BCUT2D eigenvalue weighted by molar-refractivity contribution is -0.114. The van der Waals surface area contributed by atoms with E-state index in [2.05, 4.69) is 5.32 Å². The van der Waals surface area contributed by atoms with Crippen molar-refractivity contribution < 1.29 is 12.6 Å². The van der Waals surface area contributed by atoms with E-state index in [1.807, 2.05) is 0 Å². The van der Waals surface area contributed by atoms with E-state index in [0.29, 0.717) is 0 Å². The van der Waals surface area contributed by atoms with Crippen LogP contribution in [0.25, 0.3) is 0 Å². The minimum Gasteiger partial charge on any atom is -0.508 e. The van der Waals surface area contributed by atoms with Crippen LogP contribution in [0.4, 0.5) is 5.69 Å². The molecule has 0 bridgehead atoms. The number of anilines is 1. The molecular weight excluding hydrogens is 142 g/mol. The summed E-state index contributed by atoms with van der Waals surface area (Å²) in [5, 5.41) is 11.3. The van der Waals surface area contributed by atoms with Crippen LogP contribution in [0.3, 0.4) is 0 Å². The fourth-order valence-electron chi connectivity index (χ4n) is 0.624. The molecule has 0 aromatic heterocycles. The number of carbonyl (C=O) groups excluding carboxylic acids is 1. The number of phenolic OH excluding ortho intramolecular Hbond substituents is 1. The summed E-state index contributed by atoms with van der Waals surface area (Å²) in [6, 6.07) is 2.20. The van der Waals surface area contributed by atoms with Gasteiger partial charge in [0.2, 0.25) is 5.91 Å². The average molecular weight is 153 g/mol. The molecule has 3 nitrogen and oxygen atoms in total. The minimum atomic E-state index is -0.340. The van der Waals surface area contributed by atoms with Crippen molar-refractivity contribution in [3.8, 4) is 5.75 Å². The van der Waals surface area contributed by atoms with E-state index < -0.39 is 0 Å². The molecule has 0 aliphatic rings. The molecule has 2 N–H and O–H groups in total. The largest absolute Gasteiger partial charge is 0.508 e. The highest BCUT2D eigenvalue weighted by Gasteiger charge is 1.93. The molecule has 0 heterocycles. The standard InChI is InChI=1S/C8H9NO2/c1-6(10)9-7-2-4-8(11)5-3-7/h2-5,11H,1H3,(H,9,10)/i2D,3D.